The topological polar surface area (TPSA) is 50.8 Å². The molecule has 1 fully saturated rings. The molecule has 5 heteroatoms. The summed E-state index contributed by atoms with van der Waals surface area (Å²) >= 11 is 0. The largest absolute Gasteiger partial charge is 0.480 e. The van der Waals surface area contributed by atoms with Crippen LogP contribution < -0.4 is 10.1 Å². The molecule has 1 N–H and O–H groups in total. The van der Waals surface area contributed by atoms with Crippen LogP contribution in [-0.4, -0.2) is 49.8 Å². The summed E-state index contributed by atoms with van der Waals surface area (Å²) < 4.78 is 11.3. The first-order valence-electron chi connectivity index (χ1n) is 9.20. The van der Waals surface area contributed by atoms with Crippen molar-refractivity contribution in [2.45, 2.75) is 18.6 Å². The molecule has 4 rings (SSSR count). The average molecular weight is 352 g/mol. The Morgan fingerprint density at radius 2 is 1.81 bits per heavy atom. The van der Waals surface area contributed by atoms with Crippen molar-refractivity contribution in [3.8, 4) is 5.75 Å². The van der Waals surface area contributed by atoms with E-state index in [0.29, 0.717) is 13.0 Å². The Balaban J connectivity index is 1.41. The van der Waals surface area contributed by atoms with Crippen molar-refractivity contribution < 1.29 is 14.3 Å². The number of morpholine rings is 1. The van der Waals surface area contributed by atoms with E-state index in [0.717, 1.165) is 37.6 Å². The SMILES string of the molecule is O=C(NCC(c1ccccc1)N1CCOCC1)C1Cc2ccccc2O1. The Kier molecular flexibility index (Phi) is 5.18. The van der Waals surface area contributed by atoms with Crippen molar-refractivity contribution >= 4 is 5.91 Å². The molecule has 2 atom stereocenters. The van der Waals surface area contributed by atoms with Gasteiger partial charge in [0.25, 0.3) is 5.91 Å². The van der Waals surface area contributed by atoms with Crippen LogP contribution in [0.5, 0.6) is 5.75 Å². The summed E-state index contributed by atoms with van der Waals surface area (Å²) in [6.07, 6.45) is 0.198. The molecule has 0 radical (unpaired) electrons. The molecular weight excluding hydrogens is 328 g/mol. The molecule has 2 aromatic carbocycles. The van der Waals surface area contributed by atoms with Crippen LogP contribution >= 0.6 is 0 Å². The number of rotatable bonds is 5. The fraction of sp³-hybridized carbons (Fsp3) is 0.381. The lowest BCUT2D eigenvalue weighted by Gasteiger charge is -2.35. The zero-order valence-corrected chi connectivity index (χ0v) is 14.8. The van der Waals surface area contributed by atoms with Gasteiger partial charge in [0, 0.05) is 26.1 Å². The van der Waals surface area contributed by atoms with E-state index in [1.165, 1.54) is 5.56 Å². The molecule has 2 aromatic rings. The van der Waals surface area contributed by atoms with E-state index in [2.05, 4.69) is 22.3 Å². The normalized spacial score (nSPS) is 20.8. The van der Waals surface area contributed by atoms with Crippen LogP contribution in [0.15, 0.2) is 54.6 Å². The summed E-state index contributed by atoms with van der Waals surface area (Å²) in [4.78, 5) is 15.0. The highest BCUT2D eigenvalue weighted by Gasteiger charge is 2.30. The Labute approximate surface area is 153 Å². The number of fused-ring (bicyclic) bond motifs is 1. The number of carbonyl (C=O) groups is 1. The maximum atomic E-state index is 12.7. The van der Waals surface area contributed by atoms with Crippen LogP contribution in [0.4, 0.5) is 0 Å². The first kappa shape index (κ1) is 17.1. The summed E-state index contributed by atoms with van der Waals surface area (Å²) in [7, 11) is 0. The quantitative estimate of drug-likeness (QED) is 0.896. The molecule has 0 aliphatic carbocycles. The Bertz CT molecular complexity index is 719. The second-order valence-corrected chi connectivity index (χ2v) is 6.74. The number of carbonyl (C=O) groups excluding carboxylic acids is 1. The van der Waals surface area contributed by atoms with Crippen LogP contribution in [0.1, 0.15) is 17.2 Å². The predicted octanol–water partition coefficient (Wildman–Crippen LogP) is 2.18. The molecule has 136 valence electrons. The van der Waals surface area contributed by atoms with E-state index < -0.39 is 6.10 Å². The van der Waals surface area contributed by atoms with Crippen LogP contribution in [0.2, 0.25) is 0 Å². The lowest BCUT2D eigenvalue weighted by Crippen LogP contribution is -2.46. The van der Waals surface area contributed by atoms with Gasteiger partial charge in [0.15, 0.2) is 6.10 Å². The molecule has 0 spiro atoms. The highest BCUT2D eigenvalue weighted by molar-refractivity contribution is 5.82. The van der Waals surface area contributed by atoms with Crippen molar-refractivity contribution in [2.24, 2.45) is 0 Å². The minimum Gasteiger partial charge on any atom is -0.480 e. The van der Waals surface area contributed by atoms with Crippen LogP contribution in [0, 0.1) is 0 Å². The van der Waals surface area contributed by atoms with Crippen molar-refractivity contribution in [3.63, 3.8) is 0 Å². The molecule has 2 aliphatic heterocycles. The third-order valence-electron chi connectivity index (χ3n) is 5.08. The minimum atomic E-state index is -0.437. The lowest BCUT2D eigenvalue weighted by atomic mass is 10.0. The molecule has 0 bridgehead atoms. The molecule has 5 nitrogen and oxygen atoms in total. The second-order valence-electron chi connectivity index (χ2n) is 6.74. The third-order valence-corrected chi connectivity index (χ3v) is 5.08. The summed E-state index contributed by atoms with van der Waals surface area (Å²) in [6, 6.07) is 18.3. The van der Waals surface area contributed by atoms with Gasteiger partial charge in [-0.1, -0.05) is 48.5 Å². The van der Waals surface area contributed by atoms with E-state index in [-0.39, 0.29) is 11.9 Å². The van der Waals surface area contributed by atoms with Gasteiger partial charge in [-0.3, -0.25) is 9.69 Å². The zero-order chi connectivity index (χ0) is 17.8. The van der Waals surface area contributed by atoms with Gasteiger partial charge in [-0.25, -0.2) is 0 Å². The molecule has 2 heterocycles. The van der Waals surface area contributed by atoms with Gasteiger partial charge in [-0.05, 0) is 17.2 Å². The van der Waals surface area contributed by atoms with Gasteiger partial charge < -0.3 is 14.8 Å². The van der Waals surface area contributed by atoms with Crippen LogP contribution in [-0.2, 0) is 16.0 Å². The highest BCUT2D eigenvalue weighted by Crippen LogP contribution is 2.28. The number of hydrogen-bond donors (Lipinski definition) is 1. The smallest absolute Gasteiger partial charge is 0.261 e. The Morgan fingerprint density at radius 3 is 2.58 bits per heavy atom. The summed E-state index contributed by atoms with van der Waals surface area (Å²) in [5.41, 5.74) is 2.31. The van der Waals surface area contributed by atoms with Crippen LogP contribution in [0.25, 0.3) is 0 Å². The molecule has 0 aromatic heterocycles. The van der Waals surface area contributed by atoms with Gasteiger partial charge >= 0.3 is 0 Å². The van der Waals surface area contributed by atoms with Crippen molar-refractivity contribution in [1.82, 2.24) is 10.2 Å². The Hall–Kier alpha value is -2.37. The average Bonchev–Trinajstić information content (AvgIpc) is 3.14. The van der Waals surface area contributed by atoms with Gasteiger partial charge in [0.1, 0.15) is 5.75 Å². The van der Waals surface area contributed by atoms with Gasteiger partial charge in [0.2, 0.25) is 0 Å². The van der Waals surface area contributed by atoms with Crippen molar-refractivity contribution in [1.29, 1.82) is 0 Å². The fourth-order valence-corrected chi connectivity index (χ4v) is 3.66. The number of hydrogen-bond acceptors (Lipinski definition) is 4. The molecule has 0 saturated carbocycles. The van der Waals surface area contributed by atoms with Gasteiger partial charge in [-0.15, -0.1) is 0 Å². The molecule has 2 aliphatic rings. The molecule has 2 unspecified atom stereocenters. The maximum absolute atomic E-state index is 12.7. The molecule has 1 saturated heterocycles. The van der Waals surface area contributed by atoms with Gasteiger partial charge in [0.05, 0.1) is 19.3 Å². The lowest BCUT2D eigenvalue weighted by molar-refractivity contribution is -0.127. The highest BCUT2D eigenvalue weighted by atomic mass is 16.5. The van der Waals surface area contributed by atoms with E-state index in [4.69, 9.17) is 9.47 Å². The summed E-state index contributed by atoms with van der Waals surface area (Å²) in [5.74, 6) is 0.774. The number of amides is 1. The summed E-state index contributed by atoms with van der Waals surface area (Å²) in [5, 5.41) is 3.11. The first-order chi connectivity index (χ1) is 12.8. The number of benzene rings is 2. The molecule has 26 heavy (non-hydrogen) atoms. The number of para-hydroxylation sites is 1. The predicted molar refractivity (Wildman–Crippen MR) is 99.1 cm³/mol. The molecular formula is C21H24N2O3. The number of nitrogens with zero attached hydrogens (tertiary/aromatic N) is 1. The standard InChI is InChI=1S/C21H24N2O3/c24-21(20-14-17-8-4-5-9-19(17)26-20)22-15-18(16-6-2-1-3-7-16)23-10-12-25-13-11-23/h1-9,18,20H,10-15H2,(H,22,24). The fourth-order valence-electron chi connectivity index (χ4n) is 3.66. The van der Waals surface area contributed by atoms with E-state index >= 15 is 0 Å². The second kappa shape index (κ2) is 7.89. The summed E-state index contributed by atoms with van der Waals surface area (Å²) in [6.45, 7) is 3.79. The monoisotopic (exact) mass is 352 g/mol. The number of nitrogens with one attached hydrogen (secondary N) is 1. The molecule has 1 amide bonds. The zero-order valence-electron chi connectivity index (χ0n) is 14.8. The van der Waals surface area contributed by atoms with Crippen molar-refractivity contribution in [3.05, 3.63) is 65.7 Å². The van der Waals surface area contributed by atoms with Crippen LogP contribution in [0.3, 0.4) is 0 Å². The van der Waals surface area contributed by atoms with E-state index in [1.54, 1.807) is 0 Å². The Morgan fingerprint density at radius 1 is 1.08 bits per heavy atom. The first-order valence-corrected chi connectivity index (χ1v) is 9.20. The van der Waals surface area contributed by atoms with E-state index in [1.807, 2.05) is 42.5 Å². The maximum Gasteiger partial charge on any atom is 0.261 e. The van der Waals surface area contributed by atoms with Crippen molar-refractivity contribution in [2.75, 3.05) is 32.8 Å². The number of ether oxygens (including phenoxy) is 2. The van der Waals surface area contributed by atoms with Gasteiger partial charge in [-0.2, -0.15) is 0 Å². The minimum absolute atomic E-state index is 0.0459. The van der Waals surface area contributed by atoms with E-state index in [9.17, 15) is 4.79 Å². The third kappa shape index (κ3) is 3.74.